The van der Waals surface area contributed by atoms with Crippen LogP contribution in [0.2, 0.25) is 0 Å². The Hall–Kier alpha value is -2.44. The summed E-state index contributed by atoms with van der Waals surface area (Å²) < 4.78 is 6.99. The summed E-state index contributed by atoms with van der Waals surface area (Å²) in [7, 11) is 1.78. The summed E-state index contributed by atoms with van der Waals surface area (Å²) in [6.45, 7) is 0.950. The number of benzene rings is 1. The second kappa shape index (κ2) is 5.90. The lowest BCUT2D eigenvalue weighted by Crippen LogP contribution is -2.32. The first-order valence-corrected chi connectivity index (χ1v) is 6.95. The zero-order valence-electron chi connectivity index (χ0n) is 11.8. The molecule has 0 bridgehead atoms. The van der Waals surface area contributed by atoms with Crippen molar-refractivity contribution in [2.75, 3.05) is 6.54 Å². The molecule has 0 N–H and O–H groups in total. The fourth-order valence-electron chi connectivity index (χ4n) is 2.57. The van der Waals surface area contributed by atoms with Crippen molar-refractivity contribution in [3.05, 3.63) is 41.7 Å². The number of carbonyl (C=O) groups excluding carboxylic acids is 1. The maximum Gasteiger partial charge on any atom is 0.410 e. The minimum atomic E-state index is -0.315. The van der Waals surface area contributed by atoms with Crippen LogP contribution >= 0.6 is 0 Å². The van der Waals surface area contributed by atoms with E-state index >= 15 is 0 Å². The zero-order valence-corrected chi connectivity index (χ0v) is 11.8. The third-order valence-corrected chi connectivity index (χ3v) is 3.64. The summed E-state index contributed by atoms with van der Waals surface area (Å²) in [5.41, 5.74) is 0.974. The Kier molecular flexibility index (Phi) is 3.81. The highest BCUT2D eigenvalue weighted by atomic mass is 16.6. The second-order valence-corrected chi connectivity index (χ2v) is 5.05. The molecule has 2 heterocycles. The van der Waals surface area contributed by atoms with Gasteiger partial charge in [0, 0.05) is 13.6 Å². The molecular formula is C14H17N5O2. The Morgan fingerprint density at radius 2 is 2.19 bits per heavy atom. The van der Waals surface area contributed by atoms with Crippen molar-refractivity contribution in [2.45, 2.75) is 25.5 Å². The molecule has 7 nitrogen and oxygen atoms in total. The lowest BCUT2D eigenvalue weighted by atomic mass is 10.2. The molecule has 0 aliphatic carbocycles. The molecule has 2 aromatic rings. The highest BCUT2D eigenvalue weighted by Crippen LogP contribution is 2.30. The van der Waals surface area contributed by atoms with Crippen molar-refractivity contribution in [1.82, 2.24) is 25.1 Å². The van der Waals surface area contributed by atoms with E-state index in [1.807, 2.05) is 30.3 Å². The standard InChI is InChI=1S/C14H17N5O2/c1-18-13(15-16-17-18)12-8-5-9-19(12)14(20)21-10-11-6-3-2-4-7-11/h2-4,6-7,12H,5,8-10H2,1H3/t12-/m0/s1. The van der Waals surface area contributed by atoms with E-state index in [1.54, 1.807) is 16.6 Å². The van der Waals surface area contributed by atoms with Crippen LogP contribution in [0.15, 0.2) is 30.3 Å². The van der Waals surface area contributed by atoms with Crippen LogP contribution < -0.4 is 0 Å². The molecule has 3 rings (SSSR count). The highest BCUT2D eigenvalue weighted by Gasteiger charge is 2.34. The minimum Gasteiger partial charge on any atom is -0.445 e. The first-order chi connectivity index (χ1) is 10.3. The molecule has 0 unspecified atom stereocenters. The number of hydrogen-bond donors (Lipinski definition) is 0. The van der Waals surface area contributed by atoms with Crippen molar-refractivity contribution in [3.8, 4) is 0 Å². The normalized spacial score (nSPS) is 18.0. The van der Waals surface area contributed by atoms with Crippen LogP contribution in [0, 0.1) is 0 Å². The van der Waals surface area contributed by atoms with Crippen molar-refractivity contribution >= 4 is 6.09 Å². The number of amides is 1. The number of hydrogen-bond acceptors (Lipinski definition) is 5. The van der Waals surface area contributed by atoms with Gasteiger partial charge in [0.15, 0.2) is 5.82 Å². The number of ether oxygens (including phenoxy) is 1. The lowest BCUT2D eigenvalue weighted by Gasteiger charge is -2.22. The molecule has 0 spiro atoms. The van der Waals surface area contributed by atoms with Gasteiger partial charge in [0.2, 0.25) is 0 Å². The fourth-order valence-corrected chi connectivity index (χ4v) is 2.57. The molecule has 1 aliphatic heterocycles. The number of tetrazole rings is 1. The molecule has 0 saturated carbocycles. The molecule has 1 aliphatic rings. The van der Waals surface area contributed by atoms with E-state index in [0.29, 0.717) is 12.4 Å². The Balaban J connectivity index is 1.65. The van der Waals surface area contributed by atoms with Crippen LogP contribution in [0.1, 0.15) is 30.3 Å². The average molecular weight is 287 g/mol. The van der Waals surface area contributed by atoms with Crippen LogP contribution in [-0.4, -0.2) is 37.7 Å². The molecular weight excluding hydrogens is 270 g/mol. The van der Waals surface area contributed by atoms with Crippen molar-refractivity contribution in [2.24, 2.45) is 7.05 Å². The summed E-state index contributed by atoms with van der Waals surface area (Å²) in [6.07, 6.45) is 1.47. The summed E-state index contributed by atoms with van der Waals surface area (Å²) in [6, 6.07) is 9.54. The quantitative estimate of drug-likeness (QED) is 0.858. The topological polar surface area (TPSA) is 73.1 Å². The average Bonchev–Trinajstić information content (AvgIpc) is 3.14. The van der Waals surface area contributed by atoms with E-state index in [4.69, 9.17) is 4.74 Å². The van der Waals surface area contributed by atoms with Crippen molar-refractivity contribution in [3.63, 3.8) is 0 Å². The Morgan fingerprint density at radius 3 is 2.90 bits per heavy atom. The monoisotopic (exact) mass is 287 g/mol. The van der Waals surface area contributed by atoms with E-state index in [9.17, 15) is 4.79 Å². The number of aromatic nitrogens is 4. The first-order valence-electron chi connectivity index (χ1n) is 6.95. The fraction of sp³-hybridized carbons (Fsp3) is 0.429. The molecule has 1 amide bonds. The van der Waals surface area contributed by atoms with E-state index in [0.717, 1.165) is 18.4 Å². The molecule has 1 aromatic carbocycles. The second-order valence-electron chi connectivity index (χ2n) is 5.05. The summed E-state index contributed by atoms with van der Waals surface area (Å²) >= 11 is 0. The van der Waals surface area contributed by atoms with Gasteiger partial charge in [-0.1, -0.05) is 30.3 Å². The van der Waals surface area contributed by atoms with Gasteiger partial charge in [0.05, 0.1) is 6.04 Å². The number of likely N-dealkylation sites (tertiary alicyclic amines) is 1. The van der Waals surface area contributed by atoms with E-state index in [2.05, 4.69) is 15.5 Å². The smallest absolute Gasteiger partial charge is 0.410 e. The highest BCUT2D eigenvalue weighted by molar-refractivity contribution is 5.68. The number of nitrogens with zero attached hydrogens (tertiary/aromatic N) is 5. The molecule has 7 heteroatoms. The third kappa shape index (κ3) is 2.86. The first kappa shape index (κ1) is 13.5. The van der Waals surface area contributed by atoms with Crippen molar-refractivity contribution < 1.29 is 9.53 Å². The van der Waals surface area contributed by atoms with Gasteiger partial charge in [-0.15, -0.1) is 5.10 Å². The number of rotatable bonds is 3. The number of aryl methyl sites for hydroxylation is 1. The predicted octanol–water partition coefficient (Wildman–Crippen LogP) is 1.68. The molecule has 1 atom stereocenters. The zero-order chi connectivity index (χ0) is 14.7. The van der Waals surface area contributed by atoms with Gasteiger partial charge in [-0.2, -0.15) is 0 Å². The largest absolute Gasteiger partial charge is 0.445 e. The van der Waals surface area contributed by atoms with Gasteiger partial charge in [0.1, 0.15) is 6.61 Å². The van der Waals surface area contributed by atoms with Gasteiger partial charge in [-0.25, -0.2) is 9.48 Å². The maximum atomic E-state index is 12.3. The summed E-state index contributed by atoms with van der Waals surface area (Å²) in [5, 5.41) is 11.5. The maximum absolute atomic E-state index is 12.3. The summed E-state index contributed by atoms with van der Waals surface area (Å²) in [4.78, 5) is 14.0. The Morgan fingerprint density at radius 1 is 1.38 bits per heavy atom. The molecule has 110 valence electrons. The van der Waals surface area contributed by atoms with Crippen LogP contribution in [0.3, 0.4) is 0 Å². The molecule has 1 saturated heterocycles. The minimum absolute atomic E-state index is 0.103. The third-order valence-electron chi connectivity index (χ3n) is 3.64. The number of carbonyl (C=O) groups is 1. The molecule has 21 heavy (non-hydrogen) atoms. The van der Waals surface area contributed by atoms with Crippen LogP contribution in [0.4, 0.5) is 4.79 Å². The molecule has 1 aromatic heterocycles. The van der Waals surface area contributed by atoms with Gasteiger partial charge in [0.25, 0.3) is 0 Å². The van der Waals surface area contributed by atoms with Crippen molar-refractivity contribution in [1.29, 1.82) is 0 Å². The van der Waals surface area contributed by atoms with Gasteiger partial charge < -0.3 is 4.74 Å². The van der Waals surface area contributed by atoms with Crippen LogP contribution in [-0.2, 0) is 18.4 Å². The van der Waals surface area contributed by atoms with E-state index in [1.165, 1.54) is 0 Å². The molecule has 0 radical (unpaired) electrons. The Labute approximate surface area is 122 Å². The van der Waals surface area contributed by atoms with Gasteiger partial charge in [-0.05, 0) is 28.8 Å². The van der Waals surface area contributed by atoms with E-state index in [-0.39, 0.29) is 18.7 Å². The van der Waals surface area contributed by atoms with Gasteiger partial charge >= 0.3 is 6.09 Å². The summed E-state index contributed by atoms with van der Waals surface area (Å²) in [5.74, 6) is 0.698. The van der Waals surface area contributed by atoms with Crippen LogP contribution in [0.5, 0.6) is 0 Å². The Bertz CT molecular complexity index is 613. The lowest BCUT2D eigenvalue weighted by molar-refractivity contribution is 0.0903. The SMILES string of the molecule is Cn1nnnc1[C@@H]1CCCN1C(=O)OCc1ccccc1. The van der Waals surface area contributed by atoms with E-state index < -0.39 is 0 Å². The van der Waals surface area contributed by atoms with Gasteiger partial charge in [-0.3, -0.25) is 4.90 Å². The predicted molar refractivity (Wildman–Crippen MR) is 74.1 cm³/mol. The van der Waals surface area contributed by atoms with Crippen LogP contribution in [0.25, 0.3) is 0 Å². The molecule has 1 fully saturated rings.